The molecule has 0 saturated carbocycles. The van der Waals surface area contributed by atoms with Crippen molar-refractivity contribution < 1.29 is 8.42 Å². The molecule has 0 amide bonds. The predicted molar refractivity (Wildman–Crippen MR) is 133 cm³/mol. The van der Waals surface area contributed by atoms with Gasteiger partial charge >= 0.3 is 0 Å². The Labute approximate surface area is 198 Å². The van der Waals surface area contributed by atoms with Crippen molar-refractivity contribution in [3.05, 3.63) is 100 Å². The van der Waals surface area contributed by atoms with E-state index in [4.69, 9.17) is 4.98 Å². The maximum atomic E-state index is 13.5. The lowest BCUT2D eigenvalue weighted by Crippen LogP contribution is -2.27. The number of benzene rings is 3. The predicted octanol–water partition coefficient (Wildman–Crippen LogP) is 4.55. The van der Waals surface area contributed by atoms with Gasteiger partial charge in [0.05, 0.1) is 21.8 Å². The molecule has 0 N–H and O–H groups in total. The molecule has 1 atom stereocenters. The highest BCUT2D eigenvalue weighted by Crippen LogP contribution is 2.28. The minimum Gasteiger partial charge on any atom is -0.280 e. The van der Waals surface area contributed by atoms with Crippen LogP contribution in [0.5, 0.6) is 0 Å². The van der Waals surface area contributed by atoms with E-state index in [1.54, 1.807) is 28.8 Å². The maximum Gasteiger partial charge on any atom is 0.262 e. The molecule has 6 nitrogen and oxygen atoms in total. The number of nitrogens with zero attached hydrogens (tertiary/aromatic N) is 3. The molecule has 33 heavy (non-hydrogen) atoms. The Kier molecular flexibility index (Phi) is 6.69. The Morgan fingerprint density at radius 1 is 0.970 bits per heavy atom. The van der Waals surface area contributed by atoms with Crippen molar-refractivity contribution in [3.63, 3.8) is 0 Å². The SMILES string of the molecule is C[C@@H](c1ccccc1)n1c(SCc2cccc(S(=O)(=O)N(C)C)c2)nc2ccccc2c1=O. The lowest BCUT2D eigenvalue weighted by Gasteiger charge is -2.20. The van der Waals surface area contributed by atoms with Gasteiger partial charge < -0.3 is 0 Å². The number of para-hydroxylation sites is 1. The van der Waals surface area contributed by atoms with Crippen molar-refractivity contribution in [1.29, 1.82) is 0 Å². The van der Waals surface area contributed by atoms with Gasteiger partial charge in [-0.1, -0.05) is 66.4 Å². The summed E-state index contributed by atoms with van der Waals surface area (Å²) >= 11 is 1.42. The largest absolute Gasteiger partial charge is 0.280 e. The Morgan fingerprint density at radius 2 is 1.67 bits per heavy atom. The molecular formula is C25H25N3O3S2. The van der Waals surface area contributed by atoms with Crippen LogP contribution in [-0.4, -0.2) is 36.4 Å². The van der Waals surface area contributed by atoms with Crippen molar-refractivity contribution >= 4 is 32.7 Å². The highest BCUT2D eigenvalue weighted by molar-refractivity contribution is 7.98. The summed E-state index contributed by atoms with van der Waals surface area (Å²) in [6.07, 6.45) is 0. The van der Waals surface area contributed by atoms with E-state index < -0.39 is 10.0 Å². The standard InChI is InChI=1S/C25H25N3O3S2/c1-18(20-11-5-4-6-12-20)28-24(29)22-14-7-8-15-23(22)26-25(28)32-17-19-10-9-13-21(16-19)33(30,31)27(2)3/h4-16,18H,17H2,1-3H3/t18-/m0/s1. The molecule has 0 aliphatic heterocycles. The summed E-state index contributed by atoms with van der Waals surface area (Å²) in [5.41, 5.74) is 2.40. The van der Waals surface area contributed by atoms with Gasteiger partial charge in [-0.15, -0.1) is 0 Å². The number of thioether (sulfide) groups is 1. The van der Waals surface area contributed by atoms with Gasteiger partial charge in [-0.2, -0.15) is 0 Å². The normalized spacial score (nSPS) is 12.8. The van der Waals surface area contributed by atoms with E-state index >= 15 is 0 Å². The molecule has 0 bridgehead atoms. The van der Waals surface area contributed by atoms with Crippen molar-refractivity contribution in [2.45, 2.75) is 28.8 Å². The summed E-state index contributed by atoms with van der Waals surface area (Å²) in [6, 6.07) is 23.8. The molecule has 1 heterocycles. The van der Waals surface area contributed by atoms with Gasteiger partial charge in [-0.25, -0.2) is 17.7 Å². The van der Waals surface area contributed by atoms with Gasteiger partial charge in [0, 0.05) is 19.8 Å². The van der Waals surface area contributed by atoms with Crippen molar-refractivity contribution in [2.75, 3.05) is 14.1 Å². The Bertz CT molecular complexity index is 1450. The molecule has 170 valence electrons. The second-order valence-corrected chi connectivity index (χ2v) is 11.0. The molecule has 0 unspecified atom stereocenters. The average Bonchev–Trinajstić information content (AvgIpc) is 2.83. The fourth-order valence-corrected chi connectivity index (χ4v) is 5.59. The van der Waals surface area contributed by atoms with E-state index in [1.807, 2.05) is 61.5 Å². The highest BCUT2D eigenvalue weighted by atomic mass is 32.2. The summed E-state index contributed by atoms with van der Waals surface area (Å²) in [6.45, 7) is 1.99. The van der Waals surface area contributed by atoms with Gasteiger partial charge in [0.1, 0.15) is 0 Å². The summed E-state index contributed by atoms with van der Waals surface area (Å²) in [7, 11) is -0.496. The fraction of sp³-hybridized carbons (Fsp3) is 0.200. The van der Waals surface area contributed by atoms with Gasteiger partial charge in [-0.05, 0) is 42.3 Å². The summed E-state index contributed by atoms with van der Waals surface area (Å²) in [4.78, 5) is 18.5. The Morgan fingerprint density at radius 3 is 2.39 bits per heavy atom. The summed E-state index contributed by atoms with van der Waals surface area (Å²) < 4.78 is 27.9. The van der Waals surface area contributed by atoms with Crippen LogP contribution in [0.3, 0.4) is 0 Å². The smallest absolute Gasteiger partial charge is 0.262 e. The van der Waals surface area contributed by atoms with Gasteiger partial charge in [0.25, 0.3) is 5.56 Å². The minimum absolute atomic E-state index is 0.0941. The number of sulfonamides is 1. The number of hydrogen-bond donors (Lipinski definition) is 0. The fourth-order valence-electron chi connectivity index (χ4n) is 3.60. The molecule has 1 aromatic heterocycles. The first kappa shape index (κ1) is 23.2. The van der Waals surface area contributed by atoms with E-state index in [0.29, 0.717) is 21.8 Å². The number of fused-ring (bicyclic) bond motifs is 1. The van der Waals surface area contributed by atoms with E-state index in [9.17, 15) is 13.2 Å². The topological polar surface area (TPSA) is 72.3 Å². The van der Waals surface area contributed by atoms with Gasteiger partial charge in [-0.3, -0.25) is 9.36 Å². The monoisotopic (exact) mass is 479 g/mol. The van der Waals surface area contributed by atoms with E-state index in [-0.39, 0.29) is 16.5 Å². The first-order valence-corrected chi connectivity index (χ1v) is 12.9. The number of aromatic nitrogens is 2. The minimum atomic E-state index is -3.52. The second-order valence-electron chi connectivity index (χ2n) is 7.90. The molecule has 0 spiro atoms. The van der Waals surface area contributed by atoms with E-state index in [2.05, 4.69) is 0 Å². The van der Waals surface area contributed by atoms with Crippen LogP contribution in [0.2, 0.25) is 0 Å². The quantitative estimate of drug-likeness (QED) is 0.287. The van der Waals surface area contributed by atoms with E-state index in [0.717, 1.165) is 11.1 Å². The van der Waals surface area contributed by atoms with Crippen LogP contribution in [0.25, 0.3) is 10.9 Å². The summed E-state index contributed by atoms with van der Waals surface area (Å²) in [5.74, 6) is 0.475. The third kappa shape index (κ3) is 4.73. The first-order chi connectivity index (χ1) is 15.8. The molecule has 0 radical (unpaired) electrons. The maximum absolute atomic E-state index is 13.5. The zero-order valence-electron chi connectivity index (χ0n) is 18.7. The Balaban J connectivity index is 1.75. The first-order valence-electron chi connectivity index (χ1n) is 10.5. The van der Waals surface area contributed by atoms with Crippen LogP contribution in [0, 0.1) is 0 Å². The molecule has 0 saturated heterocycles. The van der Waals surface area contributed by atoms with E-state index in [1.165, 1.54) is 30.2 Å². The molecule has 0 fully saturated rings. The van der Waals surface area contributed by atoms with Crippen LogP contribution in [0.4, 0.5) is 0 Å². The van der Waals surface area contributed by atoms with Crippen molar-refractivity contribution in [2.24, 2.45) is 0 Å². The molecule has 0 aliphatic carbocycles. The zero-order chi connectivity index (χ0) is 23.6. The third-order valence-corrected chi connectivity index (χ3v) is 8.32. The van der Waals surface area contributed by atoms with Crippen molar-refractivity contribution in [3.8, 4) is 0 Å². The number of rotatable bonds is 7. The molecule has 8 heteroatoms. The molecule has 0 aliphatic rings. The van der Waals surface area contributed by atoms with Crippen molar-refractivity contribution in [1.82, 2.24) is 13.9 Å². The number of hydrogen-bond acceptors (Lipinski definition) is 5. The summed E-state index contributed by atoms with van der Waals surface area (Å²) in [5, 5.41) is 1.17. The second kappa shape index (κ2) is 9.51. The molecule has 4 rings (SSSR count). The Hall–Kier alpha value is -2.94. The van der Waals surface area contributed by atoms with Gasteiger partial charge in [0.15, 0.2) is 5.16 Å². The van der Waals surface area contributed by atoms with Crippen LogP contribution < -0.4 is 5.56 Å². The molecular weight excluding hydrogens is 454 g/mol. The average molecular weight is 480 g/mol. The molecule has 4 aromatic rings. The molecule has 3 aromatic carbocycles. The van der Waals surface area contributed by atoms with Crippen LogP contribution >= 0.6 is 11.8 Å². The zero-order valence-corrected chi connectivity index (χ0v) is 20.3. The van der Waals surface area contributed by atoms with Crippen LogP contribution in [0.1, 0.15) is 24.1 Å². The highest BCUT2D eigenvalue weighted by Gasteiger charge is 2.20. The van der Waals surface area contributed by atoms with Crippen LogP contribution in [-0.2, 0) is 15.8 Å². The van der Waals surface area contributed by atoms with Gasteiger partial charge in [0.2, 0.25) is 10.0 Å². The lowest BCUT2D eigenvalue weighted by atomic mass is 10.1. The van der Waals surface area contributed by atoms with Crippen LogP contribution in [0.15, 0.2) is 93.7 Å². The third-order valence-electron chi connectivity index (χ3n) is 5.49. The lowest BCUT2D eigenvalue weighted by molar-refractivity contribution is 0.520.